The summed E-state index contributed by atoms with van der Waals surface area (Å²) in [6.07, 6.45) is 0. The maximum atomic E-state index is 12.7. The maximum absolute atomic E-state index is 12.7. The monoisotopic (exact) mass is 491 g/mol. The lowest BCUT2D eigenvalue weighted by Crippen LogP contribution is -2.23. The number of benzene rings is 3. The van der Waals surface area contributed by atoms with Crippen LogP contribution < -0.4 is 25.4 Å². The lowest BCUT2D eigenvalue weighted by molar-refractivity contribution is -0.115. The summed E-state index contributed by atoms with van der Waals surface area (Å²) < 4.78 is 17.7. The summed E-state index contributed by atoms with van der Waals surface area (Å²) >= 11 is 1.21. The maximum Gasteiger partial charge on any atom is 0.237 e. The standard InChI is InChI=1S/C25H25N5O4S/c1-16(24(31)27-18-10-12-20(13-11-18)34-19-7-5-4-6-8-19)35-25-29-28-23(30(25)26)17-9-14-21(32-2)22(15-17)33-3/h4-16H,26H2,1-3H3,(H,27,31)/t16-/m0/s1. The molecule has 4 aromatic rings. The first kappa shape index (κ1) is 24.0. The van der Waals surface area contributed by atoms with Crippen molar-refractivity contribution in [2.75, 3.05) is 25.4 Å². The van der Waals surface area contributed by atoms with Crippen LogP contribution in [0.2, 0.25) is 0 Å². The van der Waals surface area contributed by atoms with Crippen molar-refractivity contribution in [2.24, 2.45) is 0 Å². The van der Waals surface area contributed by atoms with Crippen molar-refractivity contribution in [3.63, 3.8) is 0 Å². The number of hydrogen-bond acceptors (Lipinski definition) is 8. The molecule has 180 valence electrons. The molecule has 1 heterocycles. The van der Waals surface area contributed by atoms with E-state index in [0.29, 0.717) is 39.5 Å². The van der Waals surface area contributed by atoms with Crippen LogP contribution in [0.1, 0.15) is 6.92 Å². The zero-order chi connectivity index (χ0) is 24.8. The van der Waals surface area contributed by atoms with Crippen molar-refractivity contribution in [1.29, 1.82) is 0 Å². The van der Waals surface area contributed by atoms with Gasteiger partial charge in [0.2, 0.25) is 11.1 Å². The number of anilines is 1. The fourth-order valence-electron chi connectivity index (χ4n) is 3.22. The molecule has 0 saturated heterocycles. The Hall–Kier alpha value is -4.18. The molecule has 1 amide bonds. The summed E-state index contributed by atoms with van der Waals surface area (Å²) in [4.78, 5) is 12.7. The van der Waals surface area contributed by atoms with Gasteiger partial charge in [0.25, 0.3) is 0 Å². The molecule has 4 rings (SSSR count). The van der Waals surface area contributed by atoms with Crippen LogP contribution in [0.4, 0.5) is 5.69 Å². The van der Waals surface area contributed by atoms with Crippen LogP contribution >= 0.6 is 11.8 Å². The number of methoxy groups -OCH3 is 2. The van der Waals surface area contributed by atoms with Gasteiger partial charge in [0.1, 0.15) is 11.5 Å². The van der Waals surface area contributed by atoms with Gasteiger partial charge >= 0.3 is 0 Å². The van der Waals surface area contributed by atoms with E-state index in [-0.39, 0.29) is 5.91 Å². The summed E-state index contributed by atoms with van der Waals surface area (Å²) in [7, 11) is 3.12. The number of ether oxygens (including phenoxy) is 3. The Morgan fingerprint density at radius 1 is 0.943 bits per heavy atom. The molecule has 0 aliphatic heterocycles. The minimum Gasteiger partial charge on any atom is -0.493 e. The highest BCUT2D eigenvalue weighted by Gasteiger charge is 2.21. The Morgan fingerprint density at radius 3 is 2.31 bits per heavy atom. The number of nitrogens with one attached hydrogen (secondary N) is 1. The van der Waals surface area contributed by atoms with Gasteiger partial charge in [-0.3, -0.25) is 4.79 Å². The van der Waals surface area contributed by atoms with Gasteiger partial charge in [-0.1, -0.05) is 30.0 Å². The van der Waals surface area contributed by atoms with Gasteiger partial charge in [-0.2, -0.15) is 0 Å². The second kappa shape index (κ2) is 10.8. The number of carbonyl (C=O) groups is 1. The number of nitrogens with zero attached hydrogens (tertiary/aromatic N) is 3. The molecule has 35 heavy (non-hydrogen) atoms. The van der Waals surface area contributed by atoms with Crippen molar-refractivity contribution in [3.05, 3.63) is 72.8 Å². The number of hydrogen-bond donors (Lipinski definition) is 2. The molecule has 1 atom stereocenters. The second-order valence-corrected chi connectivity index (χ2v) is 8.74. The fourth-order valence-corrected chi connectivity index (χ4v) is 3.99. The van der Waals surface area contributed by atoms with Gasteiger partial charge in [0.05, 0.1) is 19.5 Å². The number of nitrogen functional groups attached to an aromatic ring is 1. The smallest absolute Gasteiger partial charge is 0.237 e. The van der Waals surface area contributed by atoms with Crippen LogP contribution in [0.25, 0.3) is 11.4 Å². The average molecular weight is 492 g/mol. The number of amides is 1. The minimum atomic E-state index is -0.472. The molecular weight excluding hydrogens is 466 g/mol. The van der Waals surface area contributed by atoms with E-state index < -0.39 is 5.25 Å². The van der Waals surface area contributed by atoms with Gasteiger partial charge in [-0.15, -0.1) is 10.2 Å². The molecule has 0 aliphatic rings. The lowest BCUT2D eigenvalue weighted by atomic mass is 10.2. The van der Waals surface area contributed by atoms with Crippen LogP contribution in [-0.4, -0.2) is 40.3 Å². The zero-order valence-corrected chi connectivity index (χ0v) is 20.3. The largest absolute Gasteiger partial charge is 0.493 e. The van der Waals surface area contributed by atoms with Gasteiger partial charge < -0.3 is 25.4 Å². The molecule has 0 bridgehead atoms. The van der Waals surface area contributed by atoms with Gasteiger partial charge in [-0.05, 0) is 61.5 Å². The van der Waals surface area contributed by atoms with E-state index in [9.17, 15) is 4.79 Å². The van der Waals surface area contributed by atoms with Crippen LogP contribution in [0, 0.1) is 0 Å². The summed E-state index contributed by atoms with van der Waals surface area (Å²) in [5, 5.41) is 11.2. The topological polar surface area (TPSA) is 114 Å². The average Bonchev–Trinajstić information content (AvgIpc) is 3.25. The Morgan fingerprint density at radius 2 is 1.63 bits per heavy atom. The van der Waals surface area contributed by atoms with E-state index in [4.69, 9.17) is 20.1 Å². The zero-order valence-electron chi connectivity index (χ0n) is 19.5. The van der Waals surface area contributed by atoms with Crippen LogP contribution in [-0.2, 0) is 4.79 Å². The third-order valence-corrected chi connectivity index (χ3v) is 6.12. The predicted octanol–water partition coefficient (Wildman–Crippen LogP) is 4.59. The minimum absolute atomic E-state index is 0.192. The van der Waals surface area contributed by atoms with Crippen molar-refractivity contribution in [1.82, 2.24) is 14.9 Å². The van der Waals surface area contributed by atoms with Crippen molar-refractivity contribution in [3.8, 4) is 34.4 Å². The first-order valence-corrected chi connectivity index (χ1v) is 11.6. The van der Waals surface area contributed by atoms with E-state index in [1.165, 1.54) is 16.4 Å². The van der Waals surface area contributed by atoms with E-state index >= 15 is 0 Å². The highest BCUT2D eigenvalue weighted by molar-refractivity contribution is 8.00. The first-order valence-electron chi connectivity index (χ1n) is 10.7. The number of para-hydroxylation sites is 1. The predicted molar refractivity (Wildman–Crippen MR) is 136 cm³/mol. The summed E-state index contributed by atoms with van der Waals surface area (Å²) in [6.45, 7) is 1.78. The SMILES string of the molecule is COc1ccc(-c2nnc(S[C@@H](C)C(=O)Nc3ccc(Oc4ccccc4)cc3)n2N)cc1OC. The molecule has 3 N–H and O–H groups in total. The van der Waals surface area contributed by atoms with E-state index in [1.807, 2.05) is 36.4 Å². The summed E-state index contributed by atoms with van der Waals surface area (Å²) in [6, 6.07) is 22.0. The molecule has 0 saturated carbocycles. The number of aromatic nitrogens is 3. The first-order chi connectivity index (χ1) is 17.0. The molecular formula is C25H25N5O4S. The van der Waals surface area contributed by atoms with Crippen LogP contribution in [0.5, 0.6) is 23.0 Å². The number of thioether (sulfide) groups is 1. The third kappa shape index (κ3) is 5.67. The van der Waals surface area contributed by atoms with Gasteiger partial charge in [0, 0.05) is 11.3 Å². The summed E-state index contributed by atoms with van der Waals surface area (Å²) in [5.41, 5.74) is 1.36. The van der Waals surface area contributed by atoms with Crippen LogP contribution in [0.15, 0.2) is 78.0 Å². The highest BCUT2D eigenvalue weighted by atomic mass is 32.2. The second-order valence-electron chi connectivity index (χ2n) is 7.43. The summed E-state index contributed by atoms with van der Waals surface area (Å²) in [5.74, 6) is 9.05. The van der Waals surface area contributed by atoms with Crippen molar-refractivity contribution in [2.45, 2.75) is 17.3 Å². The molecule has 9 nitrogen and oxygen atoms in total. The van der Waals surface area contributed by atoms with Crippen LogP contribution in [0.3, 0.4) is 0 Å². The lowest BCUT2D eigenvalue weighted by Gasteiger charge is -2.12. The third-order valence-electron chi connectivity index (χ3n) is 5.06. The molecule has 1 aromatic heterocycles. The quantitative estimate of drug-likeness (QED) is 0.258. The molecule has 0 unspecified atom stereocenters. The van der Waals surface area contributed by atoms with Gasteiger partial charge in [-0.25, -0.2) is 4.68 Å². The Labute approximate surface area is 207 Å². The van der Waals surface area contributed by atoms with Crippen molar-refractivity contribution < 1.29 is 19.0 Å². The Bertz CT molecular complexity index is 1300. The number of carbonyl (C=O) groups excluding carboxylic acids is 1. The van der Waals surface area contributed by atoms with E-state index in [1.54, 1.807) is 57.5 Å². The highest BCUT2D eigenvalue weighted by Crippen LogP contribution is 2.33. The molecule has 10 heteroatoms. The Kier molecular flexibility index (Phi) is 7.41. The molecule has 0 radical (unpaired) electrons. The van der Waals surface area contributed by atoms with E-state index in [0.717, 1.165) is 5.75 Å². The molecule has 0 spiro atoms. The number of nitrogens with two attached hydrogens (primary N) is 1. The fraction of sp³-hybridized carbons (Fsp3) is 0.160. The Balaban J connectivity index is 1.39. The molecule has 3 aromatic carbocycles. The molecule has 0 aliphatic carbocycles. The number of rotatable bonds is 9. The molecule has 0 fully saturated rings. The van der Waals surface area contributed by atoms with Gasteiger partial charge in [0.15, 0.2) is 17.3 Å². The normalized spacial score (nSPS) is 11.5. The van der Waals surface area contributed by atoms with E-state index in [2.05, 4.69) is 15.5 Å². The van der Waals surface area contributed by atoms with Crippen molar-refractivity contribution >= 4 is 23.4 Å².